The number of amides is 1. The summed E-state index contributed by atoms with van der Waals surface area (Å²) in [6.07, 6.45) is 5.25. The number of pyridine rings is 1. The molecule has 3 unspecified atom stereocenters. The minimum atomic E-state index is -0.348. The second kappa shape index (κ2) is 5.93. The van der Waals surface area contributed by atoms with Crippen LogP contribution in [0.1, 0.15) is 29.6 Å². The lowest BCUT2D eigenvalue weighted by molar-refractivity contribution is -0.124. The van der Waals surface area contributed by atoms with E-state index >= 15 is 0 Å². The summed E-state index contributed by atoms with van der Waals surface area (Å²) >= 11 is 0. The first-order valence-corrected chi connectivity index (χ1v) is 6.57. The van der Waals surface area contributed by atoms with E-state index in [0.29, 0.717) is 18.5 Å². The summed E-state index contributed by atoms with van der Waals surface area (Å²) in [6, 6.07) is 3.49. The van der Waals surface area contributed by atoms with Crippen molar-refractivity contribution in [3.63, 3.8) is 0 Å². The molecule has 1 amide bonds. The standard InChI is InChI=1S/C14H19N3O2/c15-7-10-4-3-9(6-12(10)14(16)19)13(18)11-2-1-5-17-8-11/h1-2,5,8-10,12H,3-4,6-7,15H2,(H2,16,19). The van der Waals surface area contributed by atoms with Crippen LogP contribution in [0.3, 0.4) is 0 Å². The van der Waals surface area contributed by atoms with E-state index in [-0.39, 0.29) is 29.4 Å². The number of rotatable bonds is 4. The van der Waals surface area contributed by atoms with Crippen LogP contribution in [-0.4, -0.2) is 23.2 Å². The summed E-state index contributed by atoms with van der Waals surface area (Å²) in [6.45, 7) is 0.446. The Labute approximate surface area is 112 Å². The van der Waals surface area contributed by atoms with Crippen LogP contribution in [0, 0.1) is 17.8 Å². The quantitative estimate of drug-likeness (QED) is 0.781. The topological polar surface area (TPSA) is 99.1 Å². The fourth-order valence-corrected chi connectivity index (χ4v) is 2.85. The highest BCUT2D eigenvalue weighted by atomic mass is 16.1. The van der Waals surface area contributed by atoms with Crippen molar-refractivity contribution in [2.24, 2.45) is 29.2 Å². The van der Waals surface area contributed by atoms with E-state index in [9.17, 15) is 9.59 Å². The van der Waals surface area contributed by atoms with Gasteiger partial charge in [0.25, 0.3) is 0 Å². The van der Waals surface area contributed by atoms with Gasteiger partial charge in [-0.2, -0.15) is 0 Å². The number of Topliss-reactive ketones (excluding diaryl/α,β-unsaturated/α-hetero) is 1. The predicted octanol–water partition coefficient (Wildman–Crippen LogP) is 0.741. The maximum absolute atomic E-state index is 12.3. The number of carbonyl (C=O) groups excluding carboxylic acids is 2. The molecule has 1 fully saturated rings. The average Bonchev–Trinajstić information content (AvgIpc) is 2.46. The van der Waals surface area contributed by atoms with Crippen LogP contribution in [0.2, 0.25) is 0 Å². The number of hydrogen-bond acceptors (Lipinski definition) is 4. The maximum Gasteiger partial charge on any atom is 0.220 e. The van der Waals surface area contributed by atoms with Crippen molar-refractivity contribution in [2.75, 3.05) is 6.54 Å². The highest BCUT2D eigenvalue weighted by Gasteiger charge is 2.36. The minimum absolute atomic E-state index is 0.0508. The van der Waals surface area contributed by atoms with E-state index in [2.05, 4.69) is 4.98 Å². The molecule has 2 rings (SSSR count). The number of aromatic nitrogens is 1. The van der Waals surface area contributed by atoms with Gasteiger partial charge >= 0.3 is 0 Å². The Balaban J connectivity index is 2.11. The second-order valence-electron chi connectivity index (χ2n) is 5.12. The zero-order valence-electron chi connectivity index (χ0n) is 10.8. The van der Waals surface area contributed by atoms with Crippen LogP contribution in [0.15, 0.2) is 24.5 Å². The zero-order chi connectivity index (χ0) is 13.8. The van der Waals surface area contributed by atoms with Crippen LogP contribution in [0.25, 0.3) is 0 Å². The Morgan fingerprint density at radius 2 is 2.16 bits per heavy atom. The number of primary amides is 1. The van der Waals surface area contributed by atoms with Crippen molar-refractivity contribution in [1.82, 2.24) is 4.98 Å². The van der Waals surface area contributed by atoms with Gasteiger partial charge in [0.1, 0.15) is 0 Å². The molecule has 0 bridgehead atoms. The summed E-state index contributed by atoms with van der Waals surface area (Å²) in [5, 5.41) is 0. The Morgan fingerprint density at radius 1 is 1.37 bits per heavy atom. The van der Waals surface area contributed by atoms with Gasteiger partial charge in [-0.3, -0.25) is 14.6 Å². The molecule has 3 atom stereocenters. The molecule has 0 saturated heterocycles. The number of carbonyl (C=O) groups is 2. The van der Waals surface area contributed by atoms with Gasteiger partial charge < -0.3 is 11.5 Å². The summed E-state index contributed by atoms with van der Waals surface area (Å²) < 4.78 is 0. The van der Waals surface area contributed by atoms with Crippen LogP contribution >= 0.6 is 0 Å². The van der Waals surface area contributed by atoms with Gasteiger partial charge in [-0.25, -0.2) is 0 Å². The van der Waals surface area contributed by atoms with Crippen molar-refractivity contribution in [2.45, 2.75) is 19.3 Å². The zero-order valence-corrected chi connectivity index (χ0v) is 10.8. The fourth-order valence-electron chi connectivity index (χ4n) is 2.85. The molecule has 0 radical (unpaired) electrons. The lowest BCUT2D eigenvalue weighted by atomic mass is 9.71. The van der Waals surface area contributed by atoms with Crippen LogP contribution < -0.4 is 11.5 Å². The number of ketones is 1. The Kier molecular flexibility index (Phi) is 4.27. The lowest BCUT2D eigenvalue weighted by Gasteiger charge is -2.33. The van der Waals surface area contributed by atoms with Gasteiger partial charge in [-0.15, -0.1) is 0 Å². The molecule has 0 spiro atoms. The molecule has 5 heteroatoms. The van der Waals surface area contributed by atoms with Gasteiger partial charge in [-0.05, 0) is 43.9 Å². The second-order valence-corrected chi connectivity index (χ2v) is 5.12. The van der Waals surface area contributed by atoms with E-state index in [1.807, 2.05) is 0 Å². The van der Waals surface area contributed by atoms with Crippen LogP contribution in [-0.2, 0) is 4.79 Å². The third-order valence-corrected chi connectivity index (χ3v) is 3.98. The van der Waals surface area contributed by atoms with Crippen molar-refractivity contribution in [1.29, 1.82) is 0 Å². The molecule has 0 aliphatic heterocycles. The molecule has 4 N–H and O–H groups in total. The largest absolute Gasteiger partial charge is 0.369 e. The molecule has 5 nitrogen and oxygen atoms in total. The van der Waals surface area contributed by atoms with Gasteiger partial charge in [-0.1, -0.05) is 0 Å². The molecule has 1 aromatic rings. The van der Waals surface area contributed by atoms with Crippen molar-refractivity contribution >= 4 is 11.7 Å². The van der Waals surface area contributed by atoms with Gasteiger partial charge in [0.2, 0.25) is 5.91 Å². The first-order valence-electron chi connectivity index (χ1n) is 6.57. The van der Waals surface area contributed by atoms with Crippen molar-refractivity contribution in [3.8, 4) is 0 Å². The summed E-state index contributed by atoms with van der Waals surface area (Å²) in [4.78, 5) is 27.8. The molecule has 1 heterocycles. The molecular formula is C14H19N3O2. The molecule has 1 aromatic heterocycles. The molecule has 1 aliphatic rings. The van der Waals surface area contributed by atoms with Gasteiger partial charge in [0.05, 0.1) is 0 Å². The summed E-state index contributed by atoms with van der Waals surface area (Å²) in [5.74, 6) is -0.627. The van der Waals surface area contributed by atoms with Gasteiger partial charge in [0, 0.05) is 29.8 Å². The smallest absolute Gasteiger partial charge is 0.220 e. The highest BCUT2D eigenvalue weighted by molar-refractivity contribution is 5.98. The van der Waals surface area contributed by atoms with E-state index in [1.165, 1.54) is 0 Å². The van der Waals surface area contributed by atoms with Crippen molar-refractivity contribution < 1.29 is 9.59 Å². The molecule has 1 aliphatic carbocycles. The van der Waals surface area contributed by atoms with E-state index < -0.39 is 0 Å². The summed E-state index contributed by atoms with van der Waals surface area (Å²) in [7, 11) is 0. The molecular weight excluding hydrogens is 242 g/mol. The molecule has 1 saturated carbocycles. The Morgan fingerprint density at radius 3 is 2.74 bits per heavy atom. The van der Waals surface area contributed by atoms with E-state index in [4.69, 9.17) is 11.5 Å². The Hall–Kier alpha value is -1.75. The lowest BCUT2D eigenvalue weighted by Crippen LogP contribution is -2.40. The molecule has 0 aromatic carbocycles. The molecule has 102 valence electrons. The number of nitrogens with two attached hydrogens (primary N) is 2. The predicted molar refractivity (Wildman–Crippen MR) is 71.1 cm³/mol. The maximum atomic E-state index is 12.3. The van der Waals surface area contributed by atoms with Crippen LogP contribution in [0.5, 0.6) is 0 Å². The number of nitrogens with zero attached hydrogens (tertiary/aromatic N) is 1. The first-order chi connectivity index (χ1) is 9.13. The van der Waals surface area contributed by atoms with Crippen LogP contribution in [0.4, 0.5) is 0 Å². The third kappa shape index (κ3) is 2.98. The SMILES string of the molecule is NCC1CCC(C(=O)c2cccnc2)CC1C(N)=O. The minimum Gasteiger partial charge on any atom is -0.369 e. The van der Waals surface area contributed by atoms with E-state index in [1.54, 1.807) is 24.5 Å². The summed E-state index contributed by atoms with van der Waals surface area (Å²) in [5.41, 5.74) is 11.7. The van der Waals surface area contributed by atoms with E-state index in [0.717, 1.165) is 12.8 Å². The highest BCUT2D eigenvalue weighted by Crippen LogP contribution is 2.35. The number of hydrogen-bond donors (Lipinski definition) is 2. The molecule has 19 heavy (non-hydrogen) atoms. The fraction of sp³-hybridized carbons (Fsp3) is 0.500. The normalized spacial score (nSPS) is 26.9. The van der Waals surface area contributed by atoms with Gasteiger partial charge in [0.15, 0.2) is 5.78 Å². The average molecular weight is 261 g/mol. The third-order valence-electron chi connectivity index (χ3n) is 3.98. The monoisotopic (exact) mass is 261 g/mol. The Bertz CT molecular complexity index is 461. The first kappa shape index (κ1) is 13.7. The van der Waals surface area contributed by atoms with Crippen molar-refractivity contribution in [3.05, 3.63) is 30.1 Å².